The summed E-state index contributed by atoms with van der Waals surface area (Å²) in [6, 6.07) is 12.2. The third-order valence-electron chi connectivity index (χ3n) is 3.68. The Kier molecular flexibility index (Phi) is 7.20. The minimum atomic E-state index is -0.493. The summed E-state index contributed by atoms with van der Waals surface area (Å²) in [6.07, 6.45) is 3.09. The molecule has 2 rings (SSSR count). The number of nitro groups is 1. The number of anilines is 1. The van der Waals surface area contributed by atoms with Gasteiger partial charge in [-0.3, -0.25) is 20.2 Å². The Morgan fingerprint density at radius 1 is 1.22 bits per heavy atom. The van der Waals surface area contributed by atoms with Gasteiger partial charge in [-0.15, -0.1) is 0 Å². The minimum Gasteiger partial charge on any atom is -0.331 e. The molecule has 0 aliphatic rings. The predicted molar refractivity (Wildman–Crippen MR) is 115 cm³/mol. The number of benzene rings is 2. The van der Waals surface area contributed by atoms with Crippen LogP contribution >= 0.6 is 28.1 Å². The molecule has 6 nitrogen and oxygen atoms in total. The van der Waals surface area contributed by atoms with Gasteiger partial charge in [0.2, 0.25) is 5.91 Å². The Morgan fingerprint density at radius 3 is 2.44 bits per heavy atom. The average Bonchev–Trinajstić information content (AvgIpc) is 2.61. The SMILES string of the molecule is CC(C)c1ccc(/C=C/C(=O)NC(=S)Nc2ccc([N+](=O)[O-])cc2Br)cc1. The maximum Gasteiger partial charge on any atom is 0.270 e. The summed E-state index contributed by atoms with van der Waals surface area (Å²) in [6.45, 7) is 4.24. The van der Waals surface area contributed by atoms with E-state index in [9.17, 15) is 14.9 Å². The van der Waals surface area contributed by atoms with Crippen LogP contribution in [0.1, 0.15) is 30.9 Å². The van der Waals surface area contributed by atoms with Crippen LogP contribution in [0.15, 0.2) is 53.0 Å². The van der Waals surface area contributed by atoms with Crippen molar-refractivity contribution in [2.75, 3.05) is 5.32 Å². The molecule has 0 radical (unpaired) electrons. The fraction of sp³-hybridized carbons (Fsp3) is 0.158. The molecule has 0 bridgehead atoms. The highest BCUT2D eigenvalue weighted by Crippen LogP contribution is 2.27. The van der Waals surface area contributed by atoms with Gasteiger partial charge in [-0.1, -0.05) is 38.1 Å². The van der Waals surface area contributed by atoms with Gasteiger partial charge in [0.1, 0.15) is 0 Å². The number of amides is 1. The maximum atomic E-state index is 12.0. The molecule has 0 aromatic heterocycles. The van der Waals surface area contributed by atoms with Crippen molar-refractivity contribution in [3.8, 4) is 0 Å². The highest BCUT2D eigenvalue weighted by molar-refractivity contribution is 9.10. The lowest BCUT2D eigenvalue weighted by atomic mass is 10.0. The third kappa shape index (κ3) is 6.26. The fourth-order valence-electron chi connectivity index (χ4n) is 2.19. The highest BCUT2D eigenvalue weighted by atomic mass is 79.9. The number of nitro benzene ring substituents is 1. The van der Waals surface area contributed by atoms with E-state index in [1.807, 2.05) is 24.3 Å². The summed E-state index contributed by atoms with van der Waals surface area (Å²) in [5, 5.41) is 16.2. The first-order valence-corrected chi connectivity index (χ1v) is 9.30. The number of hydrogen-bond donors (Lipinski definition) is 2. The van der Waals surface area contributed by atoms with Crippen LogP contribution in [0.25, 0.3) is 6.08 Å². The summed E-state index contributed by atoms with van der Waals surface area (Å²) < 4.78 is 0.467. The van der Waals surface area contributed by atoms with Crippen molar-refractivity contribution < 1.29 is 9.72 Å². The van der Waals surface area contributed by atoms with Gasteiger partial charge < -0.3 is 5.32 Å². The molecule has 8 heteroatoms. The van der Waals surface area contributed by atoms with Gasteiger partial charge in [0, 0.05) is 22.7 Å². The second-order valence-electron chi connectivity index (χ2n) is 6.02. The van der Waals surface area contributed by atoms with Gasteiger partial charge in [0.05, 0.1) is 10.6 Å². The van der Waals surface area contributed by atoms with E-state index in [-0.39, 0.29) is 16.7 Å². The summed E-state index contributed by atoms with van der Waals surface area (Å²) >= 11 is 8.34. The number of carbonyl (C=O) groups excluding carboxylic acids is 1. The molecule has 0 unspecified atom stereocenters. The van der Waals surface area contributed by atoms with Crippen LogP contribution in [0, 0.1) is 10.1 Å². The molecule has 0 aliphatic carbocycles. The van der Waals surface area contributed by atoms with Crippen LogP contribution in [0.3, 0.4) is 0 Å². The van der Waals surface area contributed by atoms with Gasteiger partial charge >= 0.3 is 0 Å². The third-order valence-corrected chi connectivity index (χ3v) is 4.54. The number of rotatable bonds is 5. The van der Waals surface area contributed by atoms with Crippen molar-refractivity contribution >= 4 is 56.6 Å². The fourth-order valence-corrected chi connectivity index (χ4v) is 2.87. The first kappa shape index (κ1) is 20.7. The van der Waals surface area contributed by atoms with E-state index in [4.69, 9.17) is 12.2 Å². The van der Waals surface area contributed by atoms with Crippen LogP contribution in [-0.2, 0) is 4.79 Å². The smallest absolute Gasteiger partial charge is 0.270 e. The second kappa shape index (κ2) is 9.38. The lowest BCUT2D eigenvalue weighted by molar-refractivity contribution is -0.384. The van der Waals surface area contributed by atoms with Crippen molar-refractivity contribution in [3.63, 3.8) is 0 Å². The highest BCUT2D eigenvalue weighted by Gasteiger charge is 2.10. The maximum absolute atomic E-state index is 12.0. The van der Waals surface area contributed by atoms with Crippen LogP contribution in [0.5, 0.6) is 0 Å². The molecule has 0 saturated heterocycles. The Labute approximate surface area is 170 Å². The van der Waals surface area contributed by atoms with Crippen molar-refractivity contribution in [1.29, 1.82) is 0 Å². The van der Waals surface area contributed by atoms with E-state index in [1.165, 1.54) is 29.8 Å². The number of nitrogens with one attached hydrogen (secondary N) is 2. The zero-order valence-electron chi connectivity index (χ0n) is 14.7. The summed E-state index contributed by atoms with van der Waals surface area (Å²) in [4.78, 5) is 22.2. The average molecular weight is 448 g/mol. The van der Waals surface area contributed by atoms with E-state index >= 15 is 0 Å². The number of nitrogens with zero attached hydrogens (tertiary/aromatic N) is 1. The van der Waals surface area contributed by atoms with E-state index in [0.29, 0.717) is 16.1 Å². The molecule has 0 fully saturated rings. The first-order valence-electron chi connectivity index (χ1n) is 8.10. The molecule has 0 atom stereocenters. The second-order valence-corrected chi connectivity index (χ2v) is 7.28. The molecular formula is C19H18BrN3O3S. The monoisotopic (exact) mass is 447 g/mol. The number of halogens is 1. The summed E-state index contributed by atoms with van der Waals surface area (Å²) in [5.41, 5.74) is 2.61. The molecular weight excluding hydrogens is 430 g/mol. The van der Waals surface area contributed by atoms with Crippen molar-refractivity contribution in [2.24, 2.45) is 0 Å². The van der Waals surface area contributed by atoms with E-state index in [0.717, 1.165) is 5.56 Å². The molecule has 27 heavy (non-hydrogen) atoms. The predicted octanol–water partition coefficient (Wildman–Crippen LogP) is 5.01. The van der Waals surface area contributed by atoms with Crippen LogP contribution < -0.4 is 10.6 Å². The molecule has 2 aromatic carbocycles. The number of carbonyl (C=O) groups is 1. The van der Waals surface area contributed by atoms with Gasteiger partial charge in [0.25, 0.3) is 5.69 Å². The van der Waals surface area contributed by atoms with Gasteiger partial charge in [-0.05, 0) is 57.3 Å². The molecule has 2 aromatic rings. The summed E-state index contributed by atoms with van der Waals surface area (Å²) in [5.74, 6) is 0.0759. The van der Waals surface area contributed by atoms with Crippen molar-refractivity contribution in [2.45, 2.75) is 19.8 Å². The first-order chi connectivity index (χ1) is 12.8. The number of hydrogen-bond acceptors (Lipinski definition) is 4. The van der Waals surface area contributed by atoms with Crippen molar-refractivity contribution in [1.82, 2.24) is 5.32 Å². The molecule has 0 heterocycles. The lowest BCUT2D eigenvalue weighted by Crippen LogP contribution is -2.32. The molecule has 0 aliphatic heterocycles. The van der Waals surface area contributed by atoms with E-state index in [1.54, 1.807) is 6.08 Å². The minimum absolute atomic E-state index is 0.0474. The Bertz CT molecular complexity index is 896. The standard InChI is InChI=1S/C19H18BrN3O3S/c1-12(2)14-6-3-13(4-7-14)5-10-18(24)22-19(27)21-17-9-8-15(23(25)26)11-16(17)20/h3-12H,1-2H3,(H2,21,22,24,27)/b10-5+. The Morgan fingerprint density at radius 2 is 1.89 bits per heavy atom. The quantitative estimate of drug-likeness (QED) is 0.291. The number of thiocarbonyl (C=S) groups is 1. The van der Waals surface area contributed by atoms with Gasteiger partial charge in [-0.25, -0.2) is 0 Å². The topological polar surface area (TPSA) is 84.3 Å². The van der Waals surface area contributed by atoms with E-state index in [2.05, 4.69) is 40.4 Å². The Balaban J connectivity index is 1.93. The van der Waals surface area contributed by atoms with Crippen LogP contribution in [-0.4, -0.2) is 15.9 Å². The molecule has 2 N–H and O–H groups in total. The van der Waals surface area contributed by atoms with E-state index < -0.39 is 4.92 Å². The van der Waals surface area contributed by atoms with Crippen LogP contribution in [0.4, 0.5) is 11.4 Å². The van der Waals surface area contributed by atoms with Gasteiger partial charge in [-0.2, -0.15) is 0 Å². The zero-order valence-corrected chi connectivity index (χ0v) is 17.1. The molecule has 0 saturated carbocycles. The number of non-ortho nitro benzene ring substituents is 1. The molecule has 0 spiro atoms. The normalized spacial score (nSPS) is 10.8. The van der Waals surface area contributed by atoms with Gasteiger partial charge in [0.15, 0.2) is 5.11 Å². The Hall–Kier alpha value is -2.58. The zero-order chi connectivity index (χ0) is 20.0. The largest absolute Gasteiger partial charge is 0.331 e. The van der Waals surface area contributed by atoms with Crippen LogP contribution in [0.2, 0.25) is 0 Å². The molecule has 1 amide bonds. The lowest BCUT2D eigenvalue weighted by Gasteiger charge is -2.09. The van der Waals surface area contributed by atoms with Crippen molar-refractivity contribution in [3.05, 3.63) is 74.3 Å². The molecule has 140 valence electrons. The summed E-state index contributed by atoms with van der Waals surface area (Å²) in [7, 11) is 0.